The molecule has 0 aromatic rings. The normalized spacial score (nSPS) is 27.6. The molecule has 2 heterocycles. The summed E-state index contributed by atoms with van der Waals surface area (Å²) in [5, 5.41) is 6.99. The van der Waals surface area contributed by atoms with Gasteiger partial charge < -0.3 is 15.5 Å². The minimum absolute atomic E-state index is 0. The summed E-state index contributed by atoms with van der Waals surface area (Å²) in [6.45, 7) is 4.90. The molecule has 2 atom stereocenters. The van der Waals surface area contributed by atoms with Crippen molar-refractivity contribution in [2.75, 3.05) is 32.6 Å². The number of halogens is 1. The minimum atomic E-state index is -2.92. The number of rotatable bonds is 6. The number of fused-ring (bicyclic) bond motifs is 2. The largest absolute Gasteiger partial charge is 0.356 e. The second-order valence-electron chi connectivity index (χ2n) is 8.69. The number of hydrogen-bond acceptors (Lipinski definition) is 4. The summed E-state index contributed by atoms with van der Waals surface area (Å²) < 4.78 is 22.8. The van der Waals surface area contributed by atoms with Crippen molar-refractivity contribution in [3.05, 3.63) is 0 Å². The molecule has 154 valence electrons. The maximum Gasteiger partial charge on any atom is 0.191 e. The molecule has 2 aliphatic heterocycles. The van der Waals surface area contributed by atoms with Gasteiger partial charge in [-0.05, 0) is 44.6 Å². The van der Waals surface area contributed by atoms with E-state index in [1.807, 2.05) is 0 Å². The second-order valence-corrected chi connectivity index (χ2v) is 10.9. The summed E-state index contributed by atoms with van der Waals surface area (Å²) in [6.07, 6.45) is 8.25. The van der Waals surface area contributed by atoms with Crippen LogP contribution in [-0.2, 0) is 9.84 Å². The first-order valence-electron chi connectivity index (χ1n) is 9.46. The van der Waals surface area contributed by atoms with Crippen molar-refractivity contribution in [2.45, 2.75) is 70.5 Å². The van der Waals surface area contributed by atoms with E-state index in [1.54, 1.807) is 7.05 Å². The van der Waals surface area contributed by atoms with Crippen LogP contribution in [0.1, 0.15) is 52.4 Å². The monoisotopic (exact) mass is 500 g/mol. The van der Waals surface area contributed by atoms with Crippen LogP contribution in [0.4, 0.5) is 0 Å². The van der Waals surface area contributed by atoms with Crippen molar-refractivity contribution in [2.24, 2.45) is 10.4 Å². The van der Waals surface area contributed by atoms with E-state index in [0.29, 0.717) is 31.1 Å². The van der Waals surface area contributed by atoms with Gasteiger partial charge >= 0.3 is 0 Å². The van der Waals surface area contributed by atoms with E-state index in [2.05, 4.69) is 41.4 Å². The fourth-order valence-electron chi connectivity index (χ4n) is 3.99. The topological polar surface area (TPSA) is 73.8 Å². The highest BCUT2D eigenvalue weighted by Gasteiger charge is 2.36. The third-order valence-electron chi connectivity index (χ3n) is 5.79. The van der Waals surface area contributed by atoms with Crippen LogP contribution in [0, 0.1) is 5.41 Å². The van der Waals surface area contributed by atoms with Crippen LogP contribution in [-0.4, -0.2) is 70.1 Å². The average molecular weight is 500 g/mol. The lowest BCUT2D eigenvalue weighted by Gasteiger charge is -2.47. The molecule has 8 heteroatoms. The van der Waals surface area contributed by atoms with E-state index >= 15 is 0 Å². The molecule has 0 aromatic carbocycles. The van der Waals surface area contributed by atoms with E-state index in [9.17, 15) is 8.42 Å². The zero-order valence-corrected chi connectivity index (χ0v) is 20.1. The van der Waals surface area contributed by atoms with Crippen LogP contribution in [0.25, 0.3) is 0 Å². The smallest absolute Gasteiger partial charge is 0.191 e. The third-order valence-corrected chi connectivity index (χ3v) is 6.73. The lowest BCUT2D eigenvalue weighted by atomic mass is 9.82. The number of sulfone groups is 1. The molecule has 2 saturated heterocycles. The predicted octanol–water partition coefficient (Wildman–Crippen LogP) is 2.25. The highest BCUT2D eigenvalue weighted by Crippen LogP contribution is 2.32. The lowest BCUT2D eigenvalue weighted by Crippen LogP contribution is -2.57. The molecule has 2 bridgehead atoms. The molecular weight excluding hydrogens is 463 g/mol. The standard InChI is InChI=1S/C18H36N4O2S.HI/c1-18(2,9-10-25(5,23)24)13-20-17(19-3)21-14-11-15-7-6-8-16(12-14)22(15)4;/h14-16H,6-13H2,1-5H3,(H2,19,20,21);1H. The van der Waals surface area contributed by atoms with Gasteiger partial charge in [0.2, 0.25) is 0 Å². The van der Waals surface area contributed by atoms with E-state index in [4.69, 9.17) is 0 Å². The summed E-state index contributed by atoms with van der Waals surface area (Å²) in [7, 11) is 1.15. The van der Waals surface area contributed by atoms with Crippen LogP contribution < -0.4 is 10.6 Å². The Bertz CT molecular complexity index is 566. The van der Waals surface area contributed by atoms with Crippen molar-refractivity contribution in [1.29, 1.82) is 0 Å². The molecule has 0 amide bonds. The molecule has 0 saturated carbocycles. The molecule has 0 radical (unpaired) electrons. The molecule has 2 aliphatic rings. The Labute approximate surface area is 176 Å². The number of guanidine groups is 1. The number of hydrogen-bond donors (Lipinski definition) is 2. The van der Waals surface area contributed by atoms with Gasteiger partial charge in [0.05, 0.1) is 5.75 Å². The van der Waals surface area contributed by atoms with Crippen molar-refractivity contribution in [3.63, 3.8) is 0 Å². The first-order valence-corrected chi connectivity index (χ1v) is 11.5. The summed E-state index contributed by atoms with van der Waals surface area (Å²) in [4.78, 5) is 6.93. The van der Waals surface area contributed by atoms with Crippen LogP contribution >= 0.6 is 24.0 Å². The van der Waals surface area contributed by atoms with Crippen molar-refractivity contribution in [3.8, 4) is 0 Å². The highest BCUT2D eigenvalue weighted by atomic mass is 127. The SMILES string of the molecule is CN=C(NCC(C)(C)CCS(C)(=O)=O)NC1CC2CCCC(C1)N2C.I. The second kappa shape index (κ2) is 9.91. The fourth-order valence-corrected chi connectivity index (χ4v) is 4.92. The maximum atomic E-state index is 11.4. The first-order chi connectivity index (χ1) is 11.6. The third kappa shape index (κ3) is 7.50. The van der Waals surface area contributed by atoms with Gasteiger partial charge in [-0.3, -0.25) is 4.99 Å². The Morgan fingerprint density at radius 2 is 1.81 bits per heavy atom. The van der Waals surface area contributed by atoms with Gasteiger partial charge in [0.25, 0.3) is 0 Å². The quantitative estimate of drug-likeness (QED) is 0.333. The van der Waals surface area contributed by atoms with Crippen LogP contribution in [0.2, 0.25) is 0 Å². The van der Waals surface area contributed by atoms with Crippen molar-refractivity contribution >= 4 is 39.8 Å². The van der Waals surface area contributed by atoms with Crippen LogP contribution in [0.15, 0.2) is 4.99 Å². The fraction of sp³-hybridized carbons (Fsp3) is 0.944. The number of nitrogens with one attached hydrogen (secondary N) is 2. The average Bonchev–Trinajstić information content (AvgIpc) is 2.50. The summed E-state index contributed by atoms with van der Waals surface area (Å²) >= 11 is 0. The molecule has 26 heavy (non-hydrogen) atoms. The molecule has 2 N–H and O–H groups in total. The van der Waals surface area contributed by atoms with Crippen LogP contribution in [0.3, 0.4) is 0 Å². The summed E-state index contributed by atoms with van der Waals surface area (Å²) in [5.41, 5.74) is -0.0933. The lowest BCUT2D eigenvalue weighted by molar-refractivity contribution is 0.0526. The minimum Gasteiger partial charge on any atom is -0.356 e. The van der Waals surface area contributed by atoms with Gasteiger partial charge in [0.1, 0.15) is 9.84 Å². The predicted molar refractivity (Wildman–Crippen MR) is 120 cm³/mol. The van der Waals surface area contributed by atoms with Crippen LogP contribution in [0.5, 0.6) is 0 Å². The Morgan fingerprint density at radius 3 is 2.31 bits per heavy atom. The Kier molecular flexibility index (Phi) is 9.13. The van der Waals surface area contributed by atoms with E-state index < -0.39 is 9.84 Å². The number of piperidine rings is 2. The molecular formula is C18H37IN4O2S. The molecule has 2 fully saturated rings. The summed E-state index contributed by atoms with van der Waals surface area (Å²) in [6, 6.07) is 1.85. The molecule has 6 nitrogen and oxygen atoms in total. The van der Waals surface area contributed by atoms with E-state index in [-0.39, 0.29) is 35.1 Å². The number of aliphatic imine (C=N–C) groups is 1. The van der Waals surface area contributed by atoms with E-state index in [0.717, 1.165) is 5.96 Å². The van der Waals surface area contributed by atoms with Crippen molar-refractivity contribution < 1.29 is 8.42 Å². The van der Waals surface area contributed by atoms with Gasteiger partial charge in [0, 0.05) is 38.0 Å². The maximum absolute atomic E-state index is 11.4. The van der Waals surface area contributed by atoms with E-state index in [1.165, 1.54) is 38.4 Å². The van der Waals surface area contributed by atoms with Gasteiger partial charge in [-0.25, -0.2) is 8.42 Å². The zero-order valence-electron chi connectivity index (χ0n) is 16.9. The van der Waals surface area contributed by atoms with Crippen molar-refractivity contribution in [1.82, 2.24) is 15.5 Å². The van der Waals surface area contributed by atoms with Gasteiger partial charge in [-0.1, -0.05) is 20.3 Å². The highest BCUT2D eigenvalue weighted by molar-refractivity contribution is 14.0. The Hall–Kier alpha value is -0.0900. The number of nitrogens with zero attached hydrogens (tertiary/aromatic N) is 2. The molecule has 0 aliphatic carbocycles. The Balaban J connectivity index is 0.00000338. The Morgan fingerprint density at radius 1 is 1.23 bits per heavy atom. The molecule has 0 aromatic heterocycles. The van der Waals surface area contributed by atoms with Gasteiger partial charge in [-0.15, -0.1) is 24.0 Å². The molecule has 2 rings (SSSR count). The molecule has 0 spiro atoms. The first kappa shape index (κ1) is 23.9. The summed E-state index contributed by atoms with van der Waals surface area (Å²) in [5.74, 6) is 1.06. The van der Waals surface area contributed by atoms with Gasteiger partial charge in [-0.2, -0.15) is 0 Å². The van der Waals surface area contributed by atoms with Gasteiger partial charge in [0.15, 0.2) is 5.96 Å². The molecule has 2 unspecified atom stereocenters. The zero-order chi connectivity index (χ0) is 18.7.